The summed E-state index contributed by atoms with van der Waals surface area (Å²) >= 11 is 5.32. The Morgan fingerprint density at radius 2 is 2.28 bits per heavy atom. The topological polar surface area (TPSA) is 81.6 Å². The number of rotatable bonds is 4. The first-order valence-electron chi connectivity index (χ1n) is 5.90. The highest BCUT2D eigenvalue weighted by Crippen LogP contribution is 2.23. The van der Waals surface area contributed by atoms with Crippen molar-refractivity contribution in [2.75, 3.05) is 0 Å². The number of imidazole rings is 1. The summed E-state index contributed by atoms with van der Waals surface area (Å²) in [6.07, 6.45) is 1.09. The van der Waals surface area contributed by atoms with Gasteiger partial charge in [-0.05, 0) is 25.6 Å². The van der Waals surface area contributed by atoms with E-state index in [2.05, 4.69) is 10.1 Å². The summed E-state index contributed by atoms with van der Waals surface area (Å²) in [5.41, 5.74) is 8.07. The molecule has 0 aliphatic heterocycles. The summed E-state index contributed by atoms with van der Waals surface area (Å²) in [4.78, 5) is 14.2. The van der Waals surface area contributed by atoms with Gasteiger partial charge in [-0.2, -0.15) is 5.10 Å². The van der Waals surface area contributed by atoms with E-state index in [1.807, 2.05) is 25.5 Å². The zero-order chi connectivity index (χ0) is 13.4. The number of hydrogen-bond acceptors (Lipinski definition) is 3. The van der Waals surface area contributed by atoms with Crippen molar-refractivity contribution in [1.82, 2.24) is 19.3 Å². The molecule has 0 aromatic carbocycles. The molecular formula is C11H17N5OS. The molecule has 0 saturated heterocycles. The lowest BCUT2D eigenvalue weighted by Gasteiger charge is -2.12. The van der Waals surface area contributed by atoms with Crippen LogP contribution in [0.2, 0.25) is 0 Å². The van der Waals surface area contributed by atoms with Gasteiger partial charge in [-0.3, -0.25) is 14.0 Å². The van der Waals surface area contributed by atoms with E-state index < -0.39 is 0 Å². The van der Waals surface area contributed by atoms with Crippen LogP contribution < -0.4 is 5.73 Å². The van der Waals surface area contributed by atoms with Crippen molar-refractivity contribution in [2.45, 2.75) is 32.7 Å². The second-order valence-corrected chi connectivity index (χ2v) is 4.83. The predicted octanol–water partition coefficient (Wildman–Crippen LogP) is 1.43. The van der Waals surface area contributed by atoms with Crippen molar-refractivity contribution < 1.29 is 4.79 Å². The van der Waals surface area contributed by atoms with Crippen molar-refractivity contribution in [3.63, 3.8) is 0 Å². The van der Waals surface area contributed by atoms with Gasteiger partial charge in [-0.15, -0.1) is 0 Å². The molecule has 0 aliphatic rings. The molecule has 2 heterocycles. The van der Waals surface area contributed by atoms with Crippen LogP contribution in [-0.4, -0.2) is 25.2 Å². The quantitative estimate of drug-likeness (QED) is 0.822. The van der Waals surface area contributed by atoms with Crippen LogP contribution in [0.5, 0.6) is 0 Å². The number of carbonyl (C=O) groups is 1. The van der Waals surface area contributed by atoms with Crippen molar-refractivity contribution >= 4 is 29.3 Å². The van der Waals surface area contributed by atoms with E-state index in [9.17, 15) is 4.79 Å². The lowest BCUT2D eigenvalue weighted by Crippen LogP contribution is -2.18. The van der Waals surface area contributed by atoms with Crippen molar-refractivity contribution in [1.29, 1.82) is 0 Å². The molecule has 2 rings (SSSR count). The standard InChI is InChI=1S/C11H17N5OS/c1-4-7-9-10(15(3)14-7)16(11(18)13-9)6(2)5-8(12)17/h6H,4-5H2,1-3H3,(H2,12,17)(H,13,18). The van der Waals surface area contributed by atoms with E-state index in [0.29, 0.717) is 4.77 Å². The Morgan fingerprint density at radius 1 is 1.61 bits per heavy atom. The minimum absolute atomic E-state index is 0.0798. The Hall–Kier alpha value is -1.63. The number of nitrogens with one attached hydrogen (secondary N) is 1. The predicted molar refractivity (Wildman–Crippen MR) is 71.8 cm³/mol. The van der Waals surface area contributed by atoms with Gasteiger partial charge in [0.25, 0.3) is 0 Å². The van der Waals surface area contributed by atoms with Crippen LogP contribution >= 0.6 is 12.2 Å². The van der Waals surface area contributed by atoms with E-state index in [0.717, 1.165) is 23.3 Å². The number of fused-ring (bicyclic) bond motifs is 1. The van der Waals surface area contributed by atoms with Crippen LogP contribution in [0, 0.1) is 4.77 Å². The van der Waals surface area contributed by atoms with E-state index in [1.54, 1.807) is 4.68 Å². The molecule has 0 saturated carbocycles. The van der Waals surface area contributed by atoms with E-state index >= 15 is 0 Å². The molecule has 98 valence electrons. The summed E-state index contributed by atoms with van der Waals surface area (Å²) < 4.78 is 4.29. The molecule has 1 unspecified atom stereocenters. The average Bonchev–Trinajstić information content (AvgIpc) is 2.75. The van der Waals surface area contributed by atoms with Gasteiger partial charge in [0, 0.05) is 19.5 Å². The summed E-state index contributed by atoms with van der Waals surface area (Å²) in [6.45, 7) is 3.97. The third kappa shape index (κ3) is 1.94. The summed E-state index contributed by atoms with van der Waals surface area (Å²) in [5.74, 6) is -0.336. The first kappa shape index (κ1) is 12.8. The molecule has 0 radical (unpaired) electrons. The van der Waals surface area contributed by atoms with Gasteiger partial charge in [0.05, 0.1) is 5.69 Å². The van der Waals surface area contributed by atoms with Crippen LogP contribution in [0.3, 0.4) is 0 Å². The SMILES string of the molecule is CCc1nn(C)c2c1[nH]c(=S)n2C(C)CC(N)=O. The molecule has 6 nitrogen and oxygen atoms in total. The Labute approximate surface area is 110 Å². The first-order valence-corrected chi connectivity index (χ1v) is 6.30. The third-order valence-corrected chi connectivity index (χ3v) is 3.34. The first-order chi connectivity index (χ1) is 8.45. The number of aromatic amines is 1. The second kappa shape index (κ2) is 4.56. The van der Waals surface area contributed by atoms with Crippen molar-refractivity contribution in [2.24, 2.45) is 12.8 Å². The zero-order valence-corrected chi connectivity index (χ0v) is 11.5. The molecule has 18 heavy (non-hydrogen) atoms. The number of carbonyl (C=O) groups excluding carboxylic acids is 1. The number of nitrogens with two attached hydrogens (primary N) is 1. The largest absolute Gasteiger partial charge is 0.370 e. The maximum absolute atomic E-state index is 11.0. The Kier molecular flexibility index (Phi) is 3.25. The molecule has 2 aromatic rings. The summed E-state index contributed by atoms with van der Waals surface area (Å²) in [6, 6.07) is -0.0798. The van der Waals surface area contributed by atoms with Crippen LogP contribution in [-0.2, 0) is 18.3 Å². The number of nitrogens with zero attached hydrogens (tertiary/aromatic N) is 3. The summed E-state index contributed by atoms with van der Waals surface area (Å²) in [7, 11) is 1.87. The Balaban J connectivity index is 2.63. The Bertz CT molecular complexity index is 650. The normalized spacial score (nSPS) is 13.1. The molecule has 7 heteroatoms. The summed E-state index contributed by atoms with van der Waals surface area (Å²) in [5, 5.41) is 4.43. The number of primary amides is 1. The maximum atomic E-state index is 11.0. The fraction of sp³-hybridized carbons (Fsp3) is 0.545. The van der Waals surface area contributed by atoms with Gasteiger partial charge >= 0.3 is 0 Å². The van der Waals surface area contributed by atoms with Gasteiger partial charge in [-0.1, -0.05) is 6.92 Å². The van der Waals surface area contributed by atoms with Crippen LogP contribution in [0.4, 0.5) is 0 Å². The van der Waals surface area contributed by atoms with Gasteiger partial charge in [0.2, 0.25) is 5.91 Å². The highest BCUT2D eigenvalue weighted by Gasteiger charge is 2.18. The van der Waals surface area contributed by atoms with E-state index in [-0.39, 0.29) is 18.4 Å². The average molecular weight is 267 g/mol. The van der Waals surface area contributed by atoms with Crippen LogP contribution in [0.1, 0.15) is 32.0 Å². The molecule has 1 atom stereocenters. The van der Waals surface area contributed by atoms with E-state index in [1.165, 1.54) is 0 Å². The van der Waals surface area contributed by atoms with Gasteiger partial charge in [-0.25, -0.2) is 0 Å². The van der Waals surface area contributed by atoms with Crippen LogP contribution in [0.15, 0.2) is 0 Å². The number of aryl methyl sites for hydroxylation is 2. The molecule has 0 spiro atoms. The highest BCUT2D eigenvalue weighted by molar-refractivity contribution is 7.71. The van der Waals surface area contributed by atoms with Gasteiger partial charge in [0.15, 0.2) is 10.4 Å². The fourth-order valence-corrected chi connectivity index (χ4v) is 2.64. The van der Waals surface area contributed by atoms with Crippen molar-refractivity contribution in [3.8, 4) is 0 Å². The minimum atomic E-state index is -0.336. The number of amides is 1. The number of H-pyrrole nitrogens is 1. The zero-order valence-electron chi connectivity index (χ0n) is 10.7. The molecule has 0 bridgehead atoms. The lowest BCUT2D eigenvalue weighted by atomic mass is 10.2. The van der Waals surface area contributed by atoms with Crippen molar-refractivity contribution in [3.05, 3.63) is 10.5 Å². The van der Waals surface area contributed by atoms with E-state index in [4.69, 9.17) is 18.0 Å². The fourth-order valence-electron chi connectivity index (χ4n) is 2.28. The molecule has 0 aliphatic carbocycles. The monoisotopic (exact) mass is 267 g/mol. The molecule has 3 N–H and O–H groups in total. The molecule has 1 amide bonds. The molecule has 0 fully saturated rings. The molecular weight excluding hydrogens is 250 g/mol. The second-order valence-electron chi connectivity index (χ2n) is 4.44. The van der Waals surface area contributed by atoms with Gasteiger partial charge in [0.1, 0.15) is 5.52 Å². The Morgan fingerprint density at radius 3 is 2.83 bits per heavy atom. The molecule has 2 aromatic heterocycles. The van der Waals surface area contributed by atoms with Gasteiger partial charge < -0.3 is 10.7 Å². The maximum Gasteiger partial charge on any atom is 0.219 e. The third-order valence-electron chi connectivity index (χ3n) is 3.04. The lowest BCUT2D eigenvalue weighted by molar-refractivity contribution is -0.118. The van der Waals surface area contributed by atoms with Crippen LogP contribution in [0.25, 0.3) is 11.2 Å². The number of hydrogen-bond donors (Lipinski definition) is 2. The highest BCUT2D eigenvalue weighted by atomic mass is 32.1. The number of aromatic nitrogens is 4. The minimum Gasteiger partial charge on any atom is -0.370 e. The smallest absolute Gasteiger partial charge is 0.219 e.